The van der Waals surface area contributed by atoms with Gasteiger partial charge >= 0.3 is 0 Å². The van der Waals surface area contributed by atoms with Crippen molar-refractivity contribution in [2.75, 3.05) is 10.6 Å². The van der Waals surface area contributed by atoms with E-state index in [1.165, 1.54) is 0 Å². The van der Waals surface area contributed by atoms with Crippen LogP contribution in [0.2, 0.25) is 0 Å². The van der Waals surface area contributed by atoms with Crippen LogP contribution in [0.4, 0.5) is 10.8 Å². The number of aliphatic imine (C=N–C) groups is 1. The smallest absolute Gasteiger partial charge is 0.256 e. The molecular weight excluding hydrogens is 406 g/mol. The Morgan fingerprint density at radius 3 is 2.55 bits per heavy atom. The molecule has 1 aliphatic rings. The van der Waals surface area contributed by atoms with Crippen LogP contribution in [-0.4, -0.2) is 15.9 Å². The Hall–Kier alpha value is -3.97. The van der Waals surface area contributed by atoms with E-state index in [-0.39, 0.29) is 5.56 Å². The van der Waals surface area contributed by atoms with E-state index in [9.17, 15) is 4.79 Å². The Morgan fingerprint density at radius 1 is 0.903 bits per heavy atom. The van der Waals surface area contributed by atoms with Crippen molar-refractivity contribution in [2.45, 2.75) is 6.04 Å². The molecule has 6 rings (SSSR count). The summed E-state index contributed by atoms with van der Waals surface area (Å²) in [7, 11) is 0. The lowest BCUT2D eigenvalue weighted by Gasteiger charge is -2.26. The molecule has 31 heavy (non-hydrogen) atoms. The highest BCUT2D eigenvalue weighted by molar-refractivity contribution is 7.22. The Labute approximate surface area is 181 Å². The van der Waals surface area contributed by atoms with E-state index in [1.807, 2.05) is 78.9 Å². The molecule has 0 fully saturated rings. The zero-order chi connectivity index (χ0) is 20.8. The summed E-state index contributed by atoms with van der Waals surface area (Å²) in [5.41, 5.74) is 3.92. The minimum absolute atomic E-state index is 0.141. The van der Waals surface area contributed by atoms with E-state index >= 15 is 0 Å². The van der Waals surface area contributed by atoms with Gasteiger partial charge in [-0.2, -0.15) is 0 Å². The monoisotopic (exact) mass is 423 g/mol. The Bertz CT molecular complexity index is 1490. The van der Waals surface area contributed by atoms with Crippen molar-refractivity contribution in [1.29, 1.82) is 0 Å². The minimum atomic E-state index is -0.428. The lowest BCUT2D eigenvalue weighted by atomic mass is 9.96. The highest BCUT2D eigenvalue weighted by atomic mass is 32.1. The van der Waals surface area contributed by atoms with E-state index in [0.717, 1.165) is 37.5 Å². The molecule has 0 unspecified atom stereocenters. The van der Waals surface area contributed by atoms with Crippen molar-refractivity contribution in [1.82, 2.24) is 9.97 Å². The molecule has 150 valence electrons. The number of pyridine rings is 1. The lowest BCUT2D eigenvalue weighted by molar-refractivity contribution is 0.846. The Kier molecular flexibility index (Phi) is 4.07. The number of anilines is 2. The number of nitrogens with zero attached hydrogens (tertiary/aromatic N) is 2. The van der Waals surface area contributed by atoms with Crippen molar-refractivity contribution < 1.29 is 0 Å². The fourth-order valence-electron chi connectivity index (χ4n) is 3.97. The van der Waals surface area contributed by atoms with Crippen molar-refractivity contribution in [2.24, 2.45) is 4.99 Å². The second kappa shape index (κ2) is 7.07. The van der Waals surface area contributed by atoms with Crippen LogP contribution < -0.4 is 16.2 Å². The molecule has 0 radical (unpaired) electrons. The van der Waals surface area contributed by atoms with Gasteiger partial charge in [-0.05, 0) is 23.8 Å². The molecule has 0 spiro atoms. The summed E-state index contributed by atoms with van der Waals surface area (Å²) < 4.78 is 1.10. The van der Waals surface area contributed by atoms with E-state index in [2.05, 4.69) is 20.6 Å². The maximum atomic E-state index is 13.0. The number of hydrogen-bond donors (Lipinski definition) is 3. The number of benzene rings is 3. The third kappa shape index (κ3) is 3.06. The van der Waals surface area contributed by atoms with Crippen molar-refractivity contribution in [3.8, 4) is 0 Å². The van der Waals surface area contributed by atoms with Crippen molar-refractivity contribution in [3.05, 3.63) is 100 Å². The van der Waals surface area contributed by atoms with Crippen LogP contribution in [0.25, 0.3) is 21.1 Å². The number of hydrogen-bond acceptors (Lipinski definition) is 6. The molecule has 2 aromatic heterocycles. The second-order valence-electron chi connectivity index (χ2n) is 7.32. The SMILES string of the molecule is O=c1[nH]c2ccccc2c2c1[C@H](c1ccccc1)N=C(Nc1nc3ccccc3s1)N2. The van der Waals surface area contributed by atoms with E-state index in [4.69, 9.17) is 4.99 Å². The zero-order valence-electron chi connectivity index (χ0n) is 16.3. The first-order valence-electron chi connectivity index (χ1n) is 9.93. The highest BCUT2D eigenvalue weighted by Crippen LogP contribution is 2.36. The fraction of sp³-hybridized carbons (Fsp3) is 0.0417. The molecular formula is C24H17N5OS. The third-order valence-corrected chi connectivity index (χ3v) is 6.32. The van der Waals surface area contributed by atoms with Gasteiger partial charge in [0, 0.05) is 5.39 Å². The minimum Gasteiger partial charge on any atom is -0.325 e. The van der Waals surface area contributed by atoms with Crippen molar-refractivity contribution in [3.63, 3.8) is 0 Å². The van der Waals surface area contributed by atoms with Gasteiger partial charge in [-0.25, -0.2) is 9.98 Å². The lowest BCUT2D eigenvalue weighted by Crippen LogP contribution is -2.32. The molecule has 5 aromatic rings. The predicted octanol–water partition coefficient (Wildman–Crippen LogP) is 5.12. The highest BCUT2D eigenvalue weighted by Gasteiger charge is 2.28. The quantitative estimate of drug-likeness (QED) is 0.368. The number of rotatable bonds is 2. The van der Waals surface area contributed by atoms with Gasteiger partial charge in [0.15, 0.2) is 5.13 Å². The number of nitrogens with one attached hydrogen (secondary N) is 3. The van der Waals surface area contributed by atoms with Gasteiger partial charge in [0.2, 0.25) is 5.96 Å². The molecule has 1 aliphatic heterocycles. The van der Waals surface area contributed by atoms with Gasteiger partial charge < -0.3 is 15.6 Å². The Balaban J connectivity index is 1.51. The third-order valence-electron chi connectivity index (χ3n) is 5.37. The molecule has 3 heterocycles. The number of guanidine groups is 1. The summed E-state index contributed by atoms with van der Waals surface area (Å²) >= 11 is 1.57. The number of H-pyrrole nitrogens is 1. The van der Waals surface area contributed by atoms with Gasteiger partial charge in [-0.1, -0.05) is 72.0 Å². The number of thiazole rings is 1. The molecule has 6 nitrogen and oxygen atoms in total. The summed E-state index contributed by atoms with van der Waals surface area (Å²) in [6.45, 7) is 0. The average molecular weight is 424 g/mol. The van der Waals surface area contributed by atoms with Gasteiger partial charge in [0.25, 0.3) is 5.56 Å². The van der Waals surface area contributed by atoms with Crippen LogP contribution in [0, 0.1) is 0 Å². The number of aromatic nitrogens is 2. The zero-order valence-corrected chi connectivity index (χ0v) is 17.1. The number of para-hydroxylation sites is 2. The Morgan fingerprint density at radius 2 is 1.68 bits per heavy atom. The summed E-state index contributed by atoms with van der Waals surface area (Å²) in [5.74, 6) is 0.566. The molecule has 0 amide bonds. The first-order chi connectivity index (χ1) is 15.3. The largest absolute Gasteiger partial charge is 0.325 e. The van der Waals surface area contributed by atoms with Crippen LogP contribution in [0.1, 0.15) is 17.2 Å². The number of aromatic amines is 1. The van der Waals surface area contributed by atoms with Crippen LogP contribution in [0.5, 0.6) is 0 Å². The maximum absolute atomic E-state index is 13.0. The molecule has 0 saturated carbocycles. The van der Waals surface area contributed by atoms with Crippen LogP contribution in [0.15, 0.2) is 88.6 Å². The van der Waals surface area contributed by atoms with Gasteiger partial charge in [0.1, 0.15) is 6.04 Å². The topological polar surface area (TPSA) is 82.2 Å². The summed E-state index contributed by atoms with van der Waals surface area (Å²) in [4.78, 5) is 25.6. The van der Waals surface area contributed by atoms with E-state index in [0.29, 0.717) is 11.5 Å². The van der Waals surface area contributed by atoms with Crippen LogP contribution in [-0.2, 0) is 0 Å². The molecule has 3 aromatic carbocycles. The molecule has 7 heteroatoms. The standard InChI is InChI=1S/C24H17N5OS/c30-22-19-20(14-8-2-1-3-9-14)27-23(28-21(19)15-10-4-5-11-16(15)25-22)29-24-26-17-12-6-7-13-18(17)31-24/h1-13,20H,(H,25,30)(H2,26,27,28,29)/t20-/m0/s1. The fourth-order valence-corrected chi connectivity index (χ4v) is 4.83. The van der Waals surface area contributed by atoms with E-state index < -0.39 is 6.04 Å². The van der Waals surface area contributed by atoms with E-state index in [1.54, 1.807) is 11.3 Å². The van der Waals surface area contributed by atoms with Gasteiger partial charge in [-0.15, -0.1) is 0 Å². The molecule has 0 bridgehead atoms. The molecule has 3 N–H and O–H groups in total. The van der Waals surface area contributed by atoms with Gasteiger partial charge in [0.05, 0.1) is 27.0 Å². The second-order valence-corrected chi connectivity index (χ2v) is 8.35. The first-order valence-corrected chi connectivity index (χ1v) is 10.8. The first kappa shape index (κ1) is 17.9. The van der Waals surface area contributed by atoms with Crippen LogP contribution >= 0.6 is 11.3 Å². The maximum Gasteiger partial charge on any atom is 0.256 e. The normalized spacial score (nSPS) is 15.4. The summed E-state index contributed by atoms with van der Waals surface area (Å²) in [5, 5.41) is 8.38. The van der Waals surface area contributed by atoms with Gasteiger partial charge in [-0.3, -0.25) is 4.79 Å². The summed E-state index contributed by atoms with van der Waals surface area (Å²) in [6, 6.07) is 25.2. The average Bonchev–Trinajstić information content (AvgIpc) is 3.21. The van der Waals surface area contributed by atoms with Crippen molar-refractivity contribution >= 4 is 49.2 Å². The summed E-state index contributed by atoms with van der Waals surface area (Å²) in [6.07, 6.45) is 0. The predicted molar refractivity (Wildman–Crippen MR) is 127 cm³/mol. The number of fused-ring (bicyclic) bond motifs is 4. The van der Waals surface area contributed by atoms with Crippen LogP contribution in [0.3, 0.4) is 0 Å². The molecule has 0 aliphatic carbocycles. The molecule has 0 saturated heterocycles. The molecule has 1 atom stereocenters.